The van der Waals surface area contributed by atoms with Crippen molar-refractivity contribution in [3.8, 4) is 11.1 Å². The van der Waals surface area contributed by atoms with E-state index in [1.54, 1.807) is 11.0 Å². The van der Waals surface area contributed by atoms with Gasteiger partial charge in [0.05, 0.1) is 6.54 Å². The first-order valence-electron chi connectivity index (χ1n) is 7.09. The van der Waals surface area contributed by atoms with Gasteiger partial charge in [0.1, 0.15) is 12.2 Å². The molecular weight excluding hydrogens is 260 g/mol. The summed E-state index contributed by atoms with van der Waals surface area (Å²) in [6, 6.07) is 15.2. The van der Waals surface area contributed by atoms with Gasteiger partial charge in [-0.25, -0.2) is 4.98 Å². The molecule has 4 rings (SSSR count). The van der Waals surface area contributed by atoms with Crippen LogP contribution in [0.3, 0.4) is 0 Å². The molecule has 0 bridgehead atoms. The van der Waals surface area contributed by atoms with E-state index in [2.05, 4.69) is 57.9 Å². The average molecular weight is 276 g/mol. The first-order valence-corrected chi connectivity index (χ1v) is 7.09. The van der Waals surface area contributed by atoms with Crippen molar-refractivity contribution in [2.75, 3.05) is 5.32 Å². The summed E-state index contributed by atoms with van der Waals surface area (Å²) in [5, 5.41) is 7.50. The van der Waals surface area contributed by atoms with Crippen molar-refractivity contribution in [2.45, 2.75) is 13.0 Å². The van der Waals surface area contributed by atoms with Crippen LogP contribution in [-0.4, -0.2) is 14.8 Å². The van der Waals surface area contributed by atoms with E-state index < -0.39 is 0 Å². The van der Waals surface area contributed by atoms with Gasteiger partial charge in [-0.3, -0.25) is 4.68 Å². The highest BCUT2D eigenvalue weighted by Crippen LogP contribution is 2.37. The van der Waals surface area contributed by atoms with Crippen LogP contribution in [0, 0.1) is 0 Å². The third-order valence-electron chi connectivity index (χ3n) is 4.05. The predicted molar refractivity (Wildman–Crippen MR) is 83.0 cm³/mol. The van der Waals surface area contributed by atoms with Crippen molar-refractivity contribution in [3.63, 3.8) is 0 Å². The summed E-state index contributed by atoms with van der Waals surface area (Å²) in [5.41, 5.74) is 6.66. The van der Waals surface area contributed by atoms with Gasteiger partial charge < -0.3 is 5.32 Å². The highest BCUT2D eigenvalue weighted by atomic mass is 15.3. The second kappa shape index (κ2) is 4.74. The van der Waals surface area contributed by atoms with E-state index in [-0.39, 0.29) is 0 Å². The van der Waals surface area contributed by atoms with Gasteiger partial charge >= 0.3 is 0 Å². The number of aryl methyl sites for hydroxylation is 1. The molecule has 0 radical (unpaired) electrons. The standard InChI is InChI=1S/C17H16N4/c1-21-17(19-11-20-21)10-18-14-6-7-16-13(9-14)8-12-4-2-3-5-15(12)16/h2-7,9,11,18H,8,10H2,1H3. The lowest BCUT2D eigenvalue weighted by Gasteiger charge is -2.08. The molecule has 1 N–H and O–H groups in total. The first-order chi connectivity index (χ1) is 10.3. The lowest BCUT2D eigenvalue weighted by Crippen LogP contribution is -2.06. The van der Waals surface area contributed by atoms with Gasteiger partial charge in [-0.15, -0.1) is 0 Å². The summed E-state index contributed by atoms with van der Waals surface area (Å²) >= 11 is 0. The van der Waals surface area contributed by atoms with Gasteiger partial charge in [0.2, 0.25) is 0 Å². The van der Waals surface area contributed by atoms with E-state index in [4.69, 9.17) is 0 Å². The summed E-state index contributed by atoms with van der Waals surface area (Å²) in [5.74, 6) is 0.929. The van der Waals surface area contributed by atoms with Crippen LogP contribution >= 0.6 is 0 Å². The Bertz CT molecular complexity index is 804. The molecule has 0 aliphatic heterocycles. The Morgan fingerprint density at radius 2 is 1.95 bits per heavy atom. The molecule has 0 amide bonds. The molecule has 1 aromatic heterocycles. The maximum Gasteiger partial charge on any atom is 0.145 e. The molecule has 1 aliphatic rings. The normalized spacial score (nSPS) is 12.0. The molecule has 0 spiro atoms. The molecule has 0 unspecified atom stereocenters. The number of hydrogen-bond acceptors (Lipinski definition) is 3. The van der Waals surface area contributed by atoms with Crippen LogP contribution in [0.4, 0.5) is 5.69 Å². The number of rotatable bonds is 3. The van der Waals surface area contributed by atoms with Crippen molar-refractivity contribution in [2.24, 2.45) is 7.05 Å². The van der Waals surface area contributed by atoms with Gasteiger partial charge in [-0.05, 0) is 40.8 Å². The highest BCUT2D eigenvalue weighted by molar-refractivity contribution is 5.78. The molecule has 3 aromatic rings. The fourth-order valence-electron chi connectivity index (χ4n) is 2.92. The zero-order valence-corrected chi connectivity index (χ0v) is 11.9. The molecule has 21 heavy (non-hydrogen) atoms. The molecule has 4 nitrogen and oxygen atoms in total. The number of nitrogens with zero attached hydrogens (tertiary/aromatic N) is 3. The van der Waals surface area contributed by atoms with Crippen molar-refractivity contribution < 1.29 is 0 Å². The Morgan fingerprint density at radius 1 is 1.10 bits per heavy atom. The Hall–Kier alpha value is -2.62. The van der Waals surface area contributed by atoms with Gasteiger partial charge in [0.15, 0.2) is 0 Å². The largest absolute Gasteiger partial charge is 0.378 e. The van der Waals surface area contributed by atoms with Crippen LogP contribution in [-0.2, 0) is 20.0 Å². The average Bonchev–Trinajstić information content (AvgIpc) is 3.07. The second-order valence-electron chi connectivity index (χ2n) is 5.36. The Morgan fingerprint density at radius 3 is 2.81 bits per heavy atom. The van der Waals surface area contributed by atoms with E-state index in [0.29, 0.717) is 6.54 Å². The maximum absolute atomic E-state index is 4.23. The van der Waals surface area contributed by atoms with E-state index in [1.165, 1.54) is 22.3 Å². The Kier molecular flexibility index (Phi) is 2.74. The number of nitrogens with one attached hydrogen (secondary N) is 1. The van der Waals surface area contributed by atoms with Crippen LogP contribution in [0.2, 0.25) is 0 Å². The number of hydrogen-bond donors (Lipinski definition) is 1. The fraction of sp³-hybridized carbons (Fsp3) is 0.176. The molecule has 2 aromatic carbocycles. The second-order valence-corrected chi connectivity index (χ2v) is 5.36. The summed E-state index contributed by atoms with van der Waals surface area (Å²) in [6.45, 7) is 0.683. The monoisotopic (exact) mass is 276 g/mol. The van der Waals surface area contributed by atoms with Crippen LogP contribution in [0.5, 0.6) is 0 Å². The number of fused-ring (bicyclic) bond motifs is 3. The first kappa shape index (κ1) is 12.1. The van der Waals surface area contributed by atoms with Crippen LogP contribution in [0.1, 0.15) is 17.0 Å². The summed E-state index contributed by atoms with van der Waals surface area (Å²) in [6.07, 6.45) is 2.60. The molecular formula is C17H16N4. The molecule has 0 saturated heterocycles. The summed E-state index contributed by atoms with van der Waals surface area (Å²) in [7, 11) is 1.91. The predicted octanol–water partition coefficient (Wildman–Crippen LogP) is 3.00. The third-order valence-corrected chi connectivity index (χ3v) is 4.05. The van der Waals surface area contributed by atoms with Crippen LogP contribution in [0.15, 0.2) is 48.8 Å². The van der Waals surface area contributed by atoms with E-state index >= 15 is 0 Å². The minimum atomic E-state index is 0.683. The molecule has 4 heteroatoms. The van der Waals surface area contributed by atoms with Gasteiger partial charge in [-0.1, -0.05) is 30.3 Å². The maximum atomic E-state index is 4.23. The molecule has 0 saturated carbocycles. The van der Waals surface area contributed by atoms with Gasteiger partial charge in [0, 0.05) is 12.7 Å². The van der Waals surface area contributed by atoms with Gasteiger partial charge in [0.25, 0.3) is 0 Å². The Labute approximate surface area is 123 Å². The van der Waals surface area contributed by atoms with Crippen molar-refractivity contribution in [1.29, 1.82) is 0 Å². The fourth-order valence-corrected chi connectivity index (χ4v) is 2.92. The third kappa shape index (κ3) is 2.09. The smallest absolute Gasteiger partial charge is 0.145 e. The van der Waals surface area contributed by atoms with Crippen LogP contribution < -0.4 is 5.32 Å². The highest BCUT2D eigenvalue weighted by Gasteiger charge is 2.17. The number of anilines is 1. The topological polar surface area (TPSA) is 42.7 Å². The number of benzene rings is 2. The van der Waals surface area contributed by atoms with E-state index in [9.17, 15) is 0 Å². The molecule has 104 valence electrons. The van der Waals surface area contributed by atoms with E-state index in [1.807, 2.05) is 7.05 Å². The lowest BCUT2D eigenvalue weighted by atomic mass is 10.1. The minimum Gasteiger partial charge on any atom is -0.378 e. The van der Waals surface area contributed by atoms with Crippen molar-refractivity contribution in [3.05, 3.63) is 65.7 Å². The molecule has 1 heterocycles. The lowest BCUT2D eigenvalue weighted by molar-refractivity contribution is 0.712. The quantitative estimate of drug-likeness (QED) is 0.625. The molecule has 0 atom stereocenters. The molecule has 1 aliphatic carbocycles. The molecule has 0 fully saturated rings. The van der Waals surface area contributed by atoms with Crippen molar-refractivity contribution in [1.82, 2.24) is 14.8 Å². The summed E-state index contributed by atoms with van der Waals surface area (Å²) in [4.78, 5) is 4.23. The Balaban J connectivity index is 1.57. The SMILES string of the molecule is Cn1ncnc1CNc1ccc2c(c1)Cc1ccccc1-2. The minimum absolute atomic E-state index is 0.683. The number of aromatic nitrogens is 3. The summed E-state index contributed by atoms with van der Waals surface area (Å²) < 4.78 is 1.79. The van der Waals surface area contributed by atoms with E-state index in [0.717, 1.165) is 17.9 Å². The van der Waals surface area contributed by atoms with Gasteiger partial charge in [-0.2, -0.15) is 5.10 Å². The zero-order chi connectivity index (χ0) is 14.2. The van der Waals surface area contributed by atoms with Crippen LogP contribution in [0.25, 0.3) is 11.1 Å². The van der Waals surface area contributed by atoms with Crippen molar-refractivity contribution >= 4 is 5.69 Å². The zero-order valence-electron chi connectivity index (χ0n) is 11.9.